The van der Waals surface area contributed by atoms with E-state index in [-0.39, 0.29) is 0 Å². The van der Waals surface area contributed by atoms with Crippen LogP contribution in [0.5, 0.6) is 0 Å². The minimum Gasteiger partial charge on any atom is -0.348 e. The Morgan fingerprint density at radius 3 is 2.77 bits per heavy atom. The molecule has 1 unspecified atom stereocenters. The van der Waals surface area contributed by atoms with Crippen molar-refractivity contribution in [2.75, 3.05) is 6.54 Å². The van der Waals surface area contributed by atoms with Crippen LogP contribution >= 0.6 is 11.3 Å². The second kappa shape index (κ2) is 9.18. The maximum Gasteiger partial charge on any atom is 0.0998 e. The molecule has 0 spiro atoms. The van der Waals surface area contributed by atoms with Crippen LogP contribution in [0.4, 0.5) is 0 Å². The van der Waals surface area contributed by atoms with Crippen molar-refractivity contribution in [1.29, 1.82) is 0 Å². The number of rotatable bonds is 8. The van der Waals surface area contributed by atoms with Crippen LogP contribution in [0.2, 0.25) is 0 Å². The quantitative estimate of drug-likeness (QED) is 0.522. The number of aryl methyl sites for hydroxylation is 1. The smallest absolute Gasteiger partial charge is 0.0998 e. The van der Waals surface area contributed by atoms with Crippen molar-refractivity contribution < 1.29 is 0 Å². The molecule has 0 fully saturated rings. The van der Waals surface area contributed by atoms with E-state index in [9.17, 15) is 0 Å². The highest BCUT2D eigenvalue weighted by atomic mass is 32.1. The summed E-state index contributed by atoms with van der Waals surface area (Å²) in [7, 11) is 0. The molecule has 1 aliphatic heterocycles. The summed E-state index contributed by atoms with van der Waals surface area (Å²) in [5.41, 5.74) is 4.13. The average molecular weight is 367 g/mol. The Bertz CT molecular complexity index is 741. The predicted molar refractivity (Wildman–Crippen MR) is 114 cm³/mol. The number of benzene rings is 1. The Balaban J connectivity index is 1.73. The number of aliphatic imine (C=N–C) groups is 1. The molecule has 1 atom stereocenters. The van der Waals surface area contributed by atoms with Crippen LogP contribution in [-0.2, 0) is 13.0 Å². The number of allylic oxidation sites excluding steroid dienone is 1. The van der Waals surface area contributed by atoms with Crippen LogP contribution in [0.1, 0.15) is 49.1 Å². The van der Waals surface area contributed by atoms with Crippen LogP contribution in [-0.4, -0.2) is 23.3 Å². The summed E-state index contributed by atoms with van der Waals surface area (Å²) in [6, 6.07) is 13.7. The van der Waals surface area contributed by atoms with E-state index in [4.69, 9.17) is 4.99 Å². The van der Waals surface area contributed by atoms with Gasteiger partial charge in [0.05, 0.1) is 18.4 Å². The van der Waals surface area contributed by atoms with Gasteiger partial charge in [-0.1, -0.05) is 60.9 Å². The van der Waals surface area contributed by atoms with E-state index in [2.05, 4.69) is 73.5 Å². The van der Waals surface area contributed by atoms with Gasteiger partial charge in [-0.3, -0.25) is 4.99 Å². The lowest BCUT2D eigenvalue weighted by Crippen LogP contribution is -2.35. The Kier molecular flexibility index (Phi) is 6.67. The van der Waals surface area contributed by atoms with Crippen LogP contribution in [0.25, 0.3) is 0 Å². The van der Waals surface area contributed by atoms with E-state index in [1.54, 1.807) is 0 Å². The molecule has 0 bridgehead atoms. The molecule has 1 aliphatic rings. The topological polar surface area (TPSA) is 15.6 Å². The summed E-state index contributed by atoms with van der Waals surface area (Å²) < 4.78 is 0. The van der Waals surface area contributed by atoms with Gasteiger partial charge in [-0.25, -0.2) is 0 Å². The molecule has 0 aliphatic carbocycles. The van der Waals surface area contributed by atoms with Gasteiger partial charge >= 0.3 is 0 Å². The molecule has 0 N–H and O–H groups in total. The molecule has 2 nitrogen and oxygen atoms in total. The van der Waals surface area contributed by atoms with Gasteiger partial charge in [0, 0.05) is 24.3 Å². The van der Waals surface area contributed by atoms with Crippen molar-refractivity contribution >= 4 is 17.2 Å². The largest absolute Gasteiger partial charge is 0.348 e. The first kappa shape index (κ1) is 18.9. The van der Waals surface area contributed by atoms with Gasteiger partial charge in [0.1, 0.15) is 0 Å². The minimum atomic E-state index is 0.392. The van der Waals surface area contributed by atoms with Gasteiger partial charge in [-0.05, 0) is 37.3 Å². The molecule has 0 amide bonds. The zero-order chi connectivity index (χ0) is 18.4. The zero-order valence-electron chi connectivity index (χ0n) is 16.2. The highest BCUT2D eigenvalue weighted by molar-refractivity contribution is 7.09. The van der Waals surface area contributed by atoms with Crippen molar-refractivity contribution in [3.05, 3.63) is 69.4 Å². The molecule has 3 heteroatoms. The van der Waals surface area contributed by atoms with Crippen molar-refractivity contribution in [1.82, 2.24) is 4.90 Å². The maximum absolute atomic E-state index is 4.90. The highest BCUT2D eigenvalue weighted by Crippen LogP contribution is 2.22. The van der Waals surface area contributed by atoms with E-state index < -0.39 is 0 Å². The van der Waals surface area contributed by atoms with E-state index in [0.717, 1.165) is 25.9 Å². The molecule has 0 radical (unpaired) electrons. The lowest BCUT2D eigenvalue weighted by molar-refractivity contribution is 0.376. The Labute approximate surface area is 162 Å². The van der Waals surface area contributed by atoms with E-state index in [1.165, 1.54) is 40.3 Å². The van der Waals surface area contributed by atoms with E-state index in [0.29, 0.717) is 6.04 Å². The van der Waals surface area contributed by atoms with Crippen molar-refractivity contribution in [3.63, 3.8) is 0 Å². The van der Waals surface area contributed by atoms with E-state index in [1.807, 2.05) is 11.3 Å². The molecular weight excluding hydrogens is 336 g/mol. The van der Waals surface area contributed by atoms with E-state index >= 15 is 0 Å². The molecule has 2 aromatic rings. The fourth-order valence-corrected chi connectivity index (χ4v) is 4.25. The first-order chi connectivity index (χ1) is 12.7. The summed E-state index contributed by atoms with van der Waals surface area (Å²) in [4.78, 5) is 8.87. The lowest BCUT2D eigenvalue weighted by Gasteiger charge is -2.27. The van der Waals surface area contributed by atoms with Gasteiger partial charge in [-0.15, -0.1) is 11.3 Å². The monoisotopic (exact) mass is 366 g/mol. The zero-order valence-corrected chi connectivity index (χ0v) is 17.1. The number of hydrogen-bond donors (Lipinski definition) is 0. The van der Waals surface area contributed by atoms with Crippen LogP contribution in [0, 0.1) is 6.92 Å². The first-order valence-corrected chi connectivity index (χ1v) is 10.6. The Morgan fingerprint density at radius 1 is 1.27 bits per heavy atom. The van der Waals surface area contributed by atoms with Crippen molar-refractivity contribution in [3.8, 4) is 0 Å². The number of amidine groups is 1. The minimum absolute atomic E-state index is 0.392. The SMILES string of the molecule is CCCCC1=NCC(C=C(C)Cc2cccs2)N1Cc1ccc(C)cc1. The number of nitrogens with zero attached hydrogens (tertiary/aromatic N) is 2. The summed E-state index contributed by atoms with van der Waals surface area (Å²) >= 11 is 1.84. The van der Waals surface area contributed by atoms with Gasteiger partial charge in [-0.2, -0.15) is 0 Å². The molecule has 26 heavy (non-hydrogen) atoms. The van der Waals surface area contributed by atoms with Gasteiger partial charge < -0.3 is 4.90 Å². The third-order valence-corrected chi connectivity index (χ3v) is 5.81. The molecule has 2 heterocycles. The number of unbranched alkanes of at least 4 members (excludes halogenated alkanes) is 1. The molecule has 3 rings (SSSR count). The third kappa shape index (κ3) is 5.07. The fraction of sp³-hybridized carbons (Fsp3) is 0.435. The van der Waals surface area contributed by atoms with Crippen LogP contribution < -0.4 is 0 Å². The van der Waals surface area contributed by atoms with Gasteiger partial charge in [0.15, 0.2) is 0 Å². The normalized spacial score (nSPS) is 17.7. The molecule has 1 aromatic heterocycles. The van der Waals surface area contributed by atoms with Crippen molar-refractivity contribution in [2.45, 2.75) is 59.0 Å². The summed E-state index contributed by atoms with van der Waals surface area (Å²) in [5, 5.41) is 2.16. The number of thiophene rings is 1. The second-order valence-electron chi connectivity index (χ2n) is 7.31. The molecule has 0 saturated heterocycles. The molecule has 0 saturated carbocycles. The fourth-order valence-electron chi connectivity index (χ4n) is 3.45. The molecular formula is C23H30N2S. The van der Waals surface area contributed by atoms with Gasteiger partial charge in [0.2, 0.25) is 0 Å². The Hall–Kier alpha value is -1.87. The summed E-state index contributed by atoms with van der Waals surface area (Å²) in [6.07, 6.45) is 7.02. The third-order valence-electron chi connectivity index (χ3n) is 4.93. The maximum atomic E-state index is 4.90. The van der Waals surface area contributed by atoms with Gasteiger partial charge in [0.25, 0.3) is 0 Å². The van der Waals surface area contributed by atoms with Crippen LogP contribution in [0.3, 0.4) is 0 Å². The van der Waals surface area contributed by atoms with Crippen LogP contribution in [0.15, 0.2) is 58.4 Å². The Morgan fingerprint density at radius 2 is 2.08 bits per heavy atom. The highest BCUT2D eigenvalue weighted by Gasteiger charge is 2.25. The lowest BCUT2D eigenvalue weighted by atomic mass is 10.1. The second-order valence-corrected chi connectivity index (χ2v) is 8.34. The first-order valence-electron chi connectivity index (χ1n) is 9.71. The standard InChI is InChI=1S/C23H30N2S/c1-4-5-8-23-24-16-21(14-19(3)15-22-7-6-13-26-22)25(23)17-20-11-9-18(2)10-12-20/h6-7,9-14,21H,4-5,8,15-17H2,1-3H3. The summed E-state index contributed by atoms with van der Waals surface area (Å²) in [5.74, 6) is 1.29. The molecule has 1 aromatic carbocycles. The summed E-state index contributed by atoms with van der Waals surface area (Å²) in [6.45, 7) is 8.51. The number of hydrogen-bond acceptors (Lipinski definition) is 3. The van der Waals surface area contributed by atoms with Crippen molar-refractivity contribution in [2.24, 2.45) is 4.99 Å². The molecule has 138 valence electrons. The predicted octanol–water partition coefficient (Wildman–Crippen LogP) is 6.02. The average Bonchev–Trinajstić information content (AvgIpc) is 3.26.